The van der Waals surface area contributed by atoms with Crippen LogP contribution >= 0.6 is 0 Å². The van der Waals surface area contributed by atoms with Crippen LogP contribution in [0.2, 0.25) is 0 Å². The van der Waals surface area contributed by atoms with Crippen LogP contribution in [0.1, 0.15) is 86.0 Å². The molecule has 1 spiro atoms. The molecule has 6 rings (SSSR count). The first-order valence-electron chi connectivity index (χ1n) is 20.9. The lowest BCUT2D eigenvalue weighted by molar-refractivity contribution is -0.377. The summed E-state index contributed by atoms with van der Waals surface area (Å²) in [7, 11) is 0. The van der Waals surface area contributed by atoms with Crippen LogP contribution in [0.4, 0.5) is 28.8 Å². The first kappa shape index (κ1) is 52.1. The molecular weight excluding hydrogens is 908 g/mol. The highest BCUT2D eigenvalue weighted by Gasteiger charge is 2.69. The fraction of sp³-hybridized carbons (Fsp3) is 0.756. The molecule has 2 aliphatic heterocycles. The zero-order valence-electron chi connectivity index (χ0n) is 35.8. The van der Waals surface area contributed by atoms with Crippen LogP contribution in [0.15, 0.2) is 12.2 Å². The normalized spacial score (nSPS) is 39.6. The Hall–Kier alpha value is -5.86. The monoisotopic (exact) mass is 964 g/mol. The summed E-state index contributed by atoms with van der Waals surface area (Å²) in [6.07, 6.45) is -29.6. The molecule has 0 radical (unpaired) electrons. The van der Waals surface area contributed by atoms with E-state index in [2.05, 4.69) is 13.5 Å². The van der Waals surface area contributed by atoms with Gasteiger partial charge in [-0.25, -0.2) is 28.8 Å². The molecule has 0 aromatic rings. The molecular formula is C41H56O26. The highest BCUT2D eigenvalue weighted by Crippen LogP contribution is 2.73. The summed E-state index contributed by atoms with van der Waals surface area (Å²) in [6, 6.07) is 0. The Balaban J connectivity index is 0.00000840. The largest absolute Gasteiger partial charge is 0.506 e. The Morgan fingerprint density at radius 2 is 1.10 bits per heavy atom. The van der Waals surface area contributed by atoms with Crippen molar-refractivity contribution in [2.24, 2.45) is 28.1 Å². The molecule has 4 saturated carbocycles. The number of carbonyl (C=O) groups is 8. The number of fused-ring (bicyclic) bond motifs is 3. The smallest absolute Gasteiger partial charge is 0.481 e. The number of carboxylic acid groups (broad SMARTS) is 7. The van der Waals surface area contributed by atoms with Crippen molar-refractivity contribution in [1.82, 2.24) is 0 Å². The minimum Gasteiger partial charge on any atom is -0.481 e. The average molecular weight is 965 g/mol. The lowest BCUT2D eigenvalue weighted by Crippen LogP contribution is -2.68. The Morgan fingerprint density at radius 1 is 0.612 bits per heavy atom. The Labute approximate surface area is 381 Å². The lowest BCUT2D eigenvalue weighted by Gasteiger charge is -2.64. The number of hydrogen-bond donors (Lipinski definition) is 7. The predicted octanol–water partition coefficient (Wildman–Crippen LogP) is 5.22. The van der Waals surface area contributed by atoms with Crippen molar-refractivity contribution in [3.63, 3.8) is 0 Å². The van der Waals surface area contributed by atoms with Gasteiger partial charge in [0.25, 0.3) is 0 Å². The van der Waals surface area contributed by atoms with E-state index in [1.807, 2.05) is 0 Å². The van der Waals surface area contributed by atoms with Crippen LogP contribution < -0.4 is 0 Å². The van der Waals surface area contributed by atoms with Gasteiger partial charge in [0.2, 0.25) is 0 Å². The summed E-state index contributed by atoms with van der Waals surface area (Å²) in [5.74, 6) is -2.01. The highest BCUT2D eigenvalue weighted by atomic mass is 16.8. The van der Waals surface area contributed by atoms with Crippen molar-refractivity contribution in [3.05, 3.63) is 12.2 Å². The van der Waals surface area contributed by atoms with Crippen molar-refractivity contribution in [3.8, 4) is 0 Å². The molecule has 0 amide bonds. The molecule has 0 aromatic heterocycles. The summed E-state index contributed by atoms with van der Waals surface area (Å²) < 4.78 is 59.5. The van der Waals surface area contributed by atoms with Gasteiger partial charge in [-0.1, -0.05) is 27.4 Å². The van der Waals surface area contributed by atoms with E-state index < -0.39 is 145 Å². The van der Waals surface area contributed by atoms with Crippen molar-refractivity contribution in [1.29, 1.82) is 0 Å². The number of ether oxygens (including phenoxy) is 11. The Morgan fingerprint density at radius 3 is 1.63 bits per heavy atom. The zero-order valence-corrected chi connectivity index (χ0v) is 35.8. The number of rotatable bonds is 14. The van der Waals surface area contributed by atoms with E-state index in [9.17, 15) is 74.1 Å². The van der Waals surface area contributed by atoms with E-state index in [0.29, 0.717) is 44.1 Å². The predicted molar refractivity (Wildman–Crippen MR) is 212 cm³/mol. The van der Waals surface area contributed by atoms with Gasteiger partial charge in [0, 0.05) is 6.92 Å². The van der Waals surface area contributed by atoms with E-state index in [-0.39, 0.29) is 32.1 Å². The quantitative estimate of drug-likeness (QED) is 0.0507. The summed E-state index contributed by atoms with van der Waals surface area (Å²) in [4.78, 5) is 96.8. The fourth-order valence-corrected chi connectivity index (χ4v) is 12.1. The standard InChI is InChI=1S/C40H52O26.CH4/c1-16-12-39-10-6-20-37(3,8-5-9-38(20,4)30(42)43)21(39)7-11-40(16,15-39)66-29-27(25(64-35(52)53)23(62-33(48)49)19(59-29)14-57-31(44)45)60-28-26(65-36(54)55)24(63-34(50)51)22(61-32(46)47)18(58-28)13-56-17(2)41;/h18-29H,1,5-15H2,2-4H3,(H,42,43)(H,44,45)(H,46,47)(H,48,49)(H,50,51)(H,52,53)(H,54,55);1H4/t18-,19-,20?,21?,22-,23-,24+,25+,26-,27-,28?,29+,37-,38-,39-,40+;/m1./s1. The topological polar surface area (TPSA) is 380 Å². The molecule has 26 nitrogen and oxygen atoms in total. The van der Waals surface area contributed by atoms with Gasteiger partial charge in [-0.05, 0) is 86.5 Å². The van der Waals surface area contributed by atoms with Crippen LogP contribution in [0.25, 0.3) is 0 Å². The Kier molecular flexibility index (Phi) is 15.4. The first-order chi connectivity index (χ1) is 30.8. The maximum atomic E-state index is 12.7. The molecule has 67 heavy (non-hydrogen) atoms. The van der Waals surface area contributed by atoms with Crippen LogP contribution in [0.3, 0.4) is 0 Å². The van der Waals surface area contributed by atoms with Crippen LogP contribution in [-0.2, 0) is 61.7 Å². The fourth-order valence-electron chi connectivity index (χ4n) is 12.1. The third-order valence-electron chi connectivity index (χ3n) is 14.4. The lowest BCUT2D eigenvalue weighted by atomic mass is 9.41. The molecule has 16 atom stereocenters. The minimum absolute atomic E-state index is 0. The van der Waals surface area contributed by atoms with Crippen molar-refractivity contribution < 1.29 is 126 Å². The van der Waals surface area contributed by atoms with E-state index in [1.165, 1.54) is 0 Å². The third kappa shape index (κ3) is 10.4. The Bertz CT molecular complexity index is 1960. The van der Waals surface area contributed by atoms with Crippen LogP contribution in [0, 0.1) is 28.1 Å². The van der Waals surface area contributed by atoms with Crippen molar-refractivity contribution in [2.75, 3.05) is 13.2 Å². The molecule has 0 aromatic carbocycles. The van der Waals surface area contributed by atoms with Gasteiger partial charge in [0.1, 0.15) is 25.4 Å². The van der Waals surface area contributed by atoms with E-state index in [1.54, 1.807) is 6.92 Å². The van der Waals surface area contributed by atoms with Crippen molar-refractivity contribution in [2.45, 2.75) is 153 Å². The van der Waals surface area contributed by atoms with Gasteiger partial charge in [-0.15, -0.1) is 0 Å². The van der Waals surface area contributed by atoms with Gasteiger partial charge in [-0.3, -0.25) is 9.59 Å². The SMILES string of the molecule is C.C=C1C[C@@]23CCC4[C@@](C)(CCC[C@@]4(C)C(=O)O)C2CC[C@]1(O[C@@H]1O[C@H](COC(=O)O)[C@@H](OC(=O)O)[C@H](OC(=O)O)[C@H]1OC1O[C@H](COC(C)=O)[C@@H](OC(=O)O)[C@H](OC(=O)O)[C@H]1OC(=O)O)C3. The summed E-state index contributed by atoms with van der Waals surface area (Å²) in [5.41, 5.74) is -2.70. The molecule has 2 saturated heterocycles. The maximum Gasteiger partial charge on any atom is 0.506 e. The van der Waals surface area contributed by atoms with Gasteiger partial charge in [0.15, 0.2) is 49.2 Å². The summed E-state index contributed by atoms with van der Waals surface area (Å²) in [5, 5.41) is 68.7. The number of carboxylic acids is 1. The van der Waals surface area contributed by atoms with Gasteiger partial charge >= 0.3 is 48.9 Å². The number of esters is 1. The van der Waals surface area contributed by atoms with Crippen LogP contribution in [0.5, 0.6) is 0 Å². The van der Waals surface area contributed by atoms with Crippen molar-refractivity contribution >= 4 is 48.9 Å². The summed E-state index contributed by atoms with van der Waals surface area (Å²) >= 11 is 0. The second kappa shape index (κ2) is 19.8. The number of hydrogen-bond acceptors (Lipinski definition) is 19. The van der Waals surface area contributed by atoms with E-state index in [4.69, 9.17) is 52.1 Å². The summed E-state index contributed by atoms with van der Waals surface area (Å²) in [6.45, 7) is 7.27. The van der Waals surface area contributed by atoms with E-state index >= 15 is 0 Å². The molecule has 7 N–H and O–H groups in total. The van der Waals surface area contributed by atoms with Crippen LogP contribution in [-0.4, -0.2) is 165 Å². The third-order valence-corrected chi connectivity index (χ3v) is 14.4. The second-order valence-electron chi connectivity index (χ2n) is 18.0. The van der Waals surface area contributed by atoms with Gasteiger partial charge in [0.05, 0.1) is 11.0 Å². The zero-order chi connectivity index (χ0) is 48.7. The van der Waals surface area contributed by atoms with E-state index in [0.717, 1.165) is 13.3 Å². The number of carbonyl (C=O) groups excluding carboxylic acids is 1. The first-order valence-corrected chi connectivity index (χ1v) is 20.9. The van der Waals surface area contributed by atoms with Gasteiger partial charge < -0.3 is 87.9 Å². The van der Waals surface area contributed by atoms with Gasteiger partial charge in [-0.2, -0.15) is 0 Å². The molecule has 2 heterocycles. The molecule has 3 unspecified atom stereocenters. The molecule has 376 valence electrons. The highest BCUT2D eigenvalue weighted by molar-refractivity contribution is 5.75. The molecule has 6 fully saturated rings. The maximum absolute atomic E-state index is 12.7. The minimum atomic E-state index is -2.39. The average Bonchev–Trinajstić information content (AvgIpc) is 3.39. The molecule has 2 bridgehead atoms. The molecule has 6 aliphatic rings. The molecule has 4 aliphatic carbocycles. The molecule has 26 heteroatoms. The second-order valence-corrected chi connectivity index (χ2v) is 18.0. The number of aliphatic carboxylic acids is 1.